The summed E-state index contributed by atoms with van der Waals surface area (Å²) in [7, 11) is 0. The quantitative estimate of drug-likeness (QED) is 0.698. The first-order chi connectivity index (χ1) is 13.3. The highest BCUT2D eigenvalue weighted by atomic mass is 32.1. The number of para-hydroxylation sites is 1. The molecule has 1 aliphatic carbocycles. The van der Waals surface area contributed by atoms with Gasteiger partial charge in [0.05, 0.1) is 29.1 Å². The Labute approximate surface area is 161 Å². The molecule has 0 bridgehead atoms. The molecule has 0 radical (unpaired) electrons. The molecule has 0 spiro atoms. The molecule has 27 heavy (non-hydrogen) atoms. The van der Waals surface area contributed by atoms with Crippen LogP contribution in [0, 0.1) is 0 Å². The smallest absolute Gasteiger partial charge is 0.266 e. The van der Waals surface area contributed by atoms with Crippen LogP contribution in [0.2, 0.25) is 0 Å². The Morgan fingerprint density at radius 3 is 2.78 bits per heavy atom. The van der Waals surface area contributed by atoms with Gasteiger partial charge in [-0.15, -0.1) is 16.4 Å². The van der Waals surface area contributed by atoms with Crippen molar-refractivity contribution in [2.24, 2.45) is 0 Å². The Kier molecular flexibility index (Phi) is 4.24. The molecule has 6 nitrogen and oxygen atoms in total. The van der Waals surface area contributed by atoms with Crippen molar-refractivity contribution in [1.29, 1.82) is 0 Å². The Hall–Kier alpha value is -2.54. The minimum atomic E-state index is 0.0966. The summed E-state index contributed by atoms with van der Waals surface area (Å²) in [5, 5.41) is 8.68. The molecule has 1 saturated carbocycles. The van der Waals surface area contributed by atoms with E-state index in [-0.39, 0.29) is 5.91 Å². The number of hydrogen-bond acceptors (Lipinski definition) is 5. The van der Waals surface area contributed by atoms with Crippen LogP contribution in [0.3, 0.4) is 0 Å². The topological polar surface area (TPSA) is 63.9 Å². The molecule has 0 saturated heterocycles. The van der Waals surface area contributed by atoms with Crippen molar-refractivity contribution in [3.63, 3.8) is 0 Å². The van der Waals surface area contributed by atoms with E-state index in [0.717, 1.165) is 46.9 Å². The maximum atomic E-state index is 13.2. The lowest BCUT2D eigenvalue weighted by molar-refractivity contribution is 0.0734. The number of carbonyl (C=O) groups is 1. The van der Waals surface area contributed by atoms with Gasteiger partial charge in [0.1, 0.15) is 10.6 Å². The highest BCUT2D eigenvalue weighted by Gasteiger charge is 2.31. The van der Waals surface area contributed by atoms with Gasteiger partial charge in [-0.2, -0.15) is 0 Å². The lowest BCUT2D eigenvalue weighted by Gasteiger charge is -2.26. The third kappa shape index (κ3) is 2.96. The first kappa shape index (κ1) is 16.6. The van der Waals surface area contributed by atoms with Gasteiger partial charge in [-0.3, -0.25) is 4.79 Å². The fourth-order valence-corrected chi connectivity index (χ4v) is 5.05. The standard InChI is InChI=1S/C20H21N5OS/c26-20(19-18(21-13-27-19)14-6-4-5-7-14)24-11-10-17-16(12-24)22-23-25(17)15-8-2-1-3-9-15/h1-3,8-9,13-14H,4-7,10-12H2. The van der Waals surface area contributed by atoms with E-state index in [4.69, 9.17) is 0 Å². The summed E-state index contributed by atoms with van der Waals surface area (Å²) < 4.78 is 1.90. The SMILES string of the molecule is O=C(c1scnc1C1CCCC1)N1CCc2c(nnn2-c2ccccc2)C1. The van der Waals surface area contributed by atoms with E-state index >= 15 is 0 Å². The zero-order valence-electron chi connectivity index (χ0n) is 15.0. The second kappa shape index (κ2) is 6.88. The molecule has 0 N–H and O–H groups in total. The van der Waals surface area contributed by atoms with E-state index in [1.165, 1.54) is 24.2 Å². The highest BCUT2D eigenvalue weighted by molar-refractivity contribution is 7.11. The van der Waals surface area contributed by atoms with Crippen LogP contribution in [0.4, 0.5) is 0 Å². The number of thiazole rings is 1. The van der Waals surface area contributed by atoms with Crippen LogP contribution in [0.25, 0.3) is 5.69 Å². The predicted octanol–water partition coefficient (Wildman–Crippen LogP) is 3.58. The summed E-state index contributed by atoms with van der Waals surface area (Å²) in [4.78, 5) is 20.4. The first-order valence-electron chi connectivity index (χ1n) is 9.53. The lowest BCUT2D eigenvalue weighted by Crippen LogP contribution is -2.36. The van der Waals surface area contributed by atoms with Crippen LogP contribution in [0.15, 0.2) is 35.8 Å². The lowest BCUT2D eigenvalue weighted by atomic mass is 10.0. The van der Waals surface area contributed by atoms with Gasteiger partial charge in [0, 0.05) is 18.9 Å². The van der Waals surface area contributed by atoms with E-state index in [1.54, 1.807) is 0 Å². The number of hydrogen-bond donors (Lipinski definition) is 0. The summed E-state index contributed by atoms with van der Waals surface area (Å²) in [6.45, 7) is 1.21. The van der Waals surface area contributed by atoms with Crippen LogP contribution in [-0.2, 0) is 13.0 Å². The fraction of sp³-hybridized carbons (Fsp3) is 0.400. The van der Waals surface area contributed by atoms with Crippen molar-refractivity contribution in [3.8, 4) is 5.69 Å². The van der Waals surface area contributed by atoms with Gasteiger partial charge in [-0.25, -0.2) is 9.67 Å². The Morgan fingerprint density at radius 1 is 1.15 bits per heavy atom. The van der Waals surface area contributed by atoms with Gasteiger partial charge in [0.15, 0.2) is 0 Å². The summed E-state index contributed by atoms with van der Waals surface area (Å²) in [6.07, 6.45) is 5.55. The van der Waals surface area contributed by atoms with Gasteiger partial charge in [-0.05, 0) is 25.0 Å². The molecule has 0 unspecified atom stereocenters. The molecule has 1 amide bonds. The zero-order valence-corrected chi connectivity index (χ0v) is 15.9. The van der Waals surface area contributed by atoms with Crippen LogP contribution >= 0.6 is 11.3 Å². The second-order valence-electron chi connectivity index (χ2n) is 7.25. The summed E-state index contributed by atoms with van der Waals surface area (Å²) >= 11 is 1.48. The van der Waals surface area contributed by atoms with Crippen molar-refractivity contribution in [2.75, 3.05) is 6.54 Å². The van der Waals surface area contributed by atoms with Gasteiger partial charge in [0.25, 0.3) is 5.91 Å². The van der Waals surface area contributed by atoms with Gasteiger partial charge < -0.3 is 4.90 Å². The predicted molar refractivity (Wildman–Crippen MR) is 103 cm³/mol. The van der Waals surface area contributed by atoms with E-state index in [0.29, 0.717) is 19.0 Å². The third-order valence-electron chi connectivity index (χ3n) is 5.62. The average molecular weight is 379 g/mol. The number of rotatable bonds is 3. The number of nitrogens with zero attached hydrogens (tertiary/aromatic N) is 5. The molecule has 1 aromatic carbocycles. The number of fused-ring (bicyclic) bond motifs is 1. The van der Waals surface area contributed by atoms with Crippen LogP contribution in [-0.4, -0.2) is 37.3 Å². The molecule has 2 aromatic heterocycles. The Balaban J connectivity index is 1.38. The van der Waals surface area contributed by atoms with Crippen molar-refractivity contribution in [2.45, 2.75) is 44.6 Å². The molecular weight excluding hydrogens is 358 g/mol. The minimum Gasteiger partial charge on any atom is -0.331 e. The molecule has 7 heteroatoms. The molecule has 3 heterocycles. The molecule has 0 atom stereocenters. The van der Waals surface area contributed by atoms with Crippen molar-refractivity contribution in [3.05, 3.63) is 57.8 Å². The van der Waals surface area contributed by atoms with Gasteiger partial charge in [0.2, 0.25) is 0 Å². The fourth-order valence-electron chi connectivity index (χ4n) is 4.20. The third-order valence-corrected chi connectivity index (χ3v) is 6.45. The molecule has 1 fully saturated rings. The number of benzene rings is 1. The van der Waals surface area contributed by atoms with E-state index < -0.39 is 0 Å². The summed E-state index contributed by atoms with van der Waals surface area (Å²) in [5.74, 6) is 0.550. The van der Waals surface area contributed by atoms with Crippen molar-refractivity contribution < 1.29 is 4.79 Å². The van der Waals surface area contributed by atoms with Crippen LogP contribution < -0.4 is 0 Å². The second-order valence-corrected chi connectivity index (χ2v) is 8.11. The summed E-state index contributed by atoms with van der Waals surface area (Å²) in [5.41, 5.74) is 5.84. The van der Waals surface area contributed by atoms with Crippen molar-refractivity contribution >= 4 is 17.2 Å². The highest BCUT2D eigenvalue weighted by Crippen LogP contribution is 2.37. The molecule has 3 aromatic rings. The average Bonchev–Trinajstić information content (AvgIpc) is 3.47. The van der Waals surface area contributed by atoms with Gasteiger partial charge >= 0.3 is 0 Å². The minimum absolute atomic E-state index is 0.0966. The van der Waals surface area contributed by atoms with Crippen molar-refractivity contribution in [1.82, 2.24) is 24.9 Å². The molecule has 1 aliphatic heterocycles. The molecule has 2 aliphatic rings. The number of aromatic nitrogens is 4. The maximum Gasteiger partial charge on any atom is 0.266 e. The van der Waals surface area contributed by atoms with E-state index in [9.17, 15) is 4.79 Å². The van der Waals surface area contributed by atoms with Crippen LogP contribution in [0.1, 0.15) is 58.4 Å². The monoisotopic (exact) mass is 379 g/mol. The Morgan fingerprint density at radius 2 is 1.96 bits per heavy atom. The molecular formula is C20H21N5OS. The number of amides is 1. The molecule has 138 valence electrons. The zero-order chi connectivity index (χ0) is 18.2. The Bertz CT molecular complexity index is 958. The maximum absolute atomic E-state index is 13.2. The van der Waals surface area contributed by atoms with Crippen LogP contribution in [0.5, 0.6) is 0 Å². The van der Waals surface area contributed by atoms with E-state index in [1.807, 2.05) is 45.4 Å². The largest absolute Gasteiger partial charge is 0.331 e. The van der Waals surface area contributed by atoms with E-state index in [2.05, 4.69) is 15.3 Å². The summed E-state index contributed by atoms with van der Waals surface area (Å²) in [6, 6.07) is 10.0. The van der Waals surface area contributed by atoms with Gasteiger partial charge in [-0.1, -0.05) is 36.3 Å². The molecule has 5 rings (SSSR count). The number of carbonyl (C=O) groups excluding carboxylic acids is 1. The first-order valence-corrected chi connectivity index (χ1v) is 10.4. The normalized spacial score (nSPS) is 17.3.